The third-order valence-electron chi connectivity index (χ3n) is 3.50. The van der Waals surface area contributed by atoms with Crippen molar-refractivity contribution in [2.24, 2.45) is 7.05 Å². The van der Waals surface area contributed by atoms with Gasteiger partial charge in [0.25, 0.3) is 0 Å². The molecule has 3 heteroatoms. The molecular weight excluding hydrogens is 212 g/mol. The second kappa shape index (κ2) is 4.88. The zero-order valence-corrected chi connectivity index (χ0v) is 10.8. The molecule has 1 aromatic heterocycles. The molecule has 2 aromatic rings. The molecule has 1 aromatic carbocycles. The van der Waals surface area contributed by atoms with Crippen molar-refractivity contribution in [3.63, 3.8) is 0 Å². The van der Waals surface area contributed by atoms with Crippen molar-refractivity contribution in [2.45, 2.75) is 32.6 Å². The van der Waals surface area contributed by atoms with Gasteiger partial charge in [-0.25, -0.2) is 4.98 Å². The quantitative estimate of drug-likeness (QED) is 0.880. The zero-order chi connectivity index (χ0) is 12.4. The number of fused-ring (bicyclic) bond motifs is 1. The fourth-order valence-corrected chi connectivity index (χ4v) is 2.30. The van der Waals surface area contributed by atoms with Crippen molar-refractivity contribution in [1.29, 1.82) is 0 Å². The molecule has 1 unspecified atom stereocenters. The highest BCUT2D eigenvalue weighted by molar-refractivity contribution is 5.77. The Hall–Kier alpha value is -1.35. The van der Waals surface area contributed by atoms with Gasteiger partial charge in [-0.05, 0) is 24.1 Å². The molecule has 0 aliphatic carbocycles. The highest BCUT2D eigenvalue weighted by Crippen LogP contribution is 2.24. The molecule has 2 rings (SSSR count). The number of aryl methyl sites for hydroxylation is 2. The van der Waals surface area contributed by atoms with Crippen LogP contribution in [0.5, 0.6) is 0 Å². The van der Waals surface area contributed by atoms with Crippen molar-refractivity contribution >= 4 is 11.0 Å². The summed E-state index contributed by atoms with van der Waals surface area (Å²) in [7, 11) is 2.05. The van der Waals surface area contributed by atoms with Crippen LogP contribution in [0.3, 0.4) is 0 Å². The fraction of sp³-hybridized carbons (Fsp3) is 0.500. The van der Waals surface area contributed by atoms with Crippen molar-refractivity contribution in [3.8, 4) is 0 Å². The Bertz CT molecular complexity index is 512. The number of aromatic nitrogens is 2. The molecule has 1 heterocycles. The van der Waals surface area contributed by atoms with Crippen molar-refractivity contribution in [3.05, 3.63) is 29.6 Å². The molecule has 1 atom stereocenters. The predicted molar refractivity (Wildman–Crippen MR) is 70.2 cm³/mol. The Kier molecular flexibility index (Phi) is 3.48. The first kappa shape index (κ1) is 12.1. The van der Waals surface area contributed by atoms with E-state index in [2.05, 4.69) is 48.6 Å². The number of rotatable bonds is 4. The Morgan fingerprint density at radius 3 is 2.71 bits per heavy atom. The standard InChI is InChI=1S/C14H20N2O/c1-4-10(9-17)11-6-7-12-13(8-11)16(3)14(5-2)15-12/h6-8,10,17H,4-5,9H2,1-3H3. The van der Waals surface area contributed by atoms with E-state index < -0.39 is 0 Å². The van der Waals surface area contributed by atoms with E-state index in [0.29, 0.717) is 0 Å². The summed E-state index contributed by atoms with van der Waals surface area (Å²) in [6.07, 6.45) is 1.90. The largest absolute Gasteiger partial charge is 0.396 e. The molecule has 0 saturated heterocycles. The highest BCUT2D eigenvalue weighted by Gasteiger charge is 2.11. The van der Waals surface area contributed by atoms with Crippen LogP contribution in [0.25, 0.3) is 11.0 Å². The normalized spacial score (nSPS) is 13.2. The maximum Gasteiger partial charge on any atom is 0.109 e. The van der Waals surface area contributed by atoms with Crippen molar-refractivity contribution in [2.75, 3.05) is 6.61 Å². The van der Waals surface area contributed by atoms with Crippen LogP contribution in [0.2, 0.25) is 0 Å². The van der Waals surface area contributed by atoms with E-state index in [4.69, 9.17) is 0 Å². The van der Waals surface area contributed by atoms with Gasteiger partial charge >= 0.3 is 0 Å². The van der Waals surface area contributed by atoms with Crippen LogP contribution in [0.4, 0.5) is 0 Å². The SMILES string of the molecule is CCc1nc2ccc(C(CC)CO)cc2n1C. The summed E-state index contributed by atoms with van der Waals surface area (Å²) in [4.78, 5) is 4.58. The maximum atomic E-state index is 9.35. The lowest BCUT2D eigenvalue weighted by Crippen LogP contribution is -2.02. The van der Waals surface area contributed by atoms with Gasteiger partial charge in [-0.2, -0.15) is 0 Å². The Morgan fingerprint density at radius 1 is 1.35 bits per heavy atom. The summed E-state index contributed by atoms with van der Waals surface area (Å²) >= 11 is 0. The third-order valence-corrected chi connectivity index (χ3v) is 3.50. The number of aliphatic hydroxyl groups is 1. The highest BCUT2D eigenvalue weighted by atomic mass is 16.3. The van der Waals surface area contributed by atoms with E-state index in [0.717, 1.165) is 29.7 Å². The second-order valence-electron chi connectivity index (χ2n) is 4.48. The molecule has 0 radical (unpaired) electrons. The smallest absolute Gasteiger partial charge is 0.109 e. The Labute approximate surface area is 102 Å². The van der Waals surface area contributed by atoms with Crippen LogP contribution in [-0.4, -0.2) is 21.3 Å². The number of nitrogens with zero attached hydrogens (tertiary/aromatic N) is 2. The van der Waals surface area contributed by atoms with Gasteiger partial charge in [-0.15, -0.1) is 0 Å². The number of hydrogen-bond acceptors (Lipinski definition) is 2. The summed E-state index contributed by atoms with van der Waals surface area (Å²) in [6, 6.07) is 6.30. The van der Waals surface area contributed by atoms with Gasteiger partial charge in [-0.3, -0.25) is 0 Å². The van der Waals surface area contributed by atoms with Crippen molar-refractivity contribution < 1.29 is 5.11 Å². The molecule has 0 aliphatic heterocycles. The van der Waals surface area contributed by atoms with Gasteiger partial charge in [0.15, 0.2) is 0 Å². The molecule has 3 nitrogen and oxygen atoms in total. The van der Waals surface area contributed by atoms with Crippen LogP contribution in [0.1, 0.15) is 37.6 Å². The van der Waals surface area contributed by atoms with E-state index in [-0.39, 0.29) is 12.5 Å². The summed E-state index contributed by atoms with van der Waals surface area (Å²) in [5, 5.41) is 9.35. The van der Waals surface area contributed by atoms with E-state index >= 15 is 0 Å². The first-order valence-electron chi connectivity index (χ1n) is 6.27. The zero-order valence-electron chi connectivity index (χ0n) is 10.8. The van der Waals surface area contributed by atoms with Gasteiger partial charge in [0.1, 0.15) is 5.82 Å². The van der Waals surface area contributed by atoms with Crippen LogP contribution in [-0.2, 0) is 13.5 Å². The molecule has 0 amide bonds. The minimum absolute atomic E-state index is 0.209. The molecule has 0 aliphatic rings. The lowest BCUT2D eigenvalue weighted by atomic mass is 9.97. The lowest BCUT2D eigenvalue weighted by Gasteiger charge is -2.12. The minimum Gasteiger partial charge on any atom is -0.396 e. The Balaban J connectivity index is 2.52. The van der Waals surface area contributed by atoms with Crippen LogP contribution >= 0.6 is 0 Å². The molecule has 0 spiro atoms. The predicted octanol–water partition coefficient (Wildman–Crippen LogP) is 2.62. The number of hydrogen-bond donors (Lipinski definition) is 1. The molecule has 0 bridgehead atoms. The van der Waals surface area contributed by atoms with E-state index in [9.17, 15) is 5.11 Å². The molecular formula is C14H20N2O. The lowest BCUT2D eigenvalue weighted by molar-refractivity contribution is 0.262. The maximum absolute atomic E-state index is 9.35. The number of benzene rings is 1. The van der Waals surface area contributed by atoms with E-state index in [1.54, 1.807) is 0 Å². The minimum atomic E-state index is 0.209. The average molecular weight is 232 g/mol. The monoisotopic (exact) mass is 232 g/mol. The van der Waals surface area contributed by atoms with Crippen LogP contribution in [0.15, 0.2) is 18.2 Å². The fourth-order valence-electron chi connectivity index (χ4n) is 2.30. The van der Waals surface area contributed by atoms with Gasteiger partial charge in [0.05, 0.1) is 11.0 Å². The van der Waals surface area contributed by atoms with Gasteiger partial charge in [0, 0.05) is 26.0 Å². The topological polar surface area (TPSA) is 38.1 Å². The van der Waals surface area contributed by atoms with Crippen LogP contribution < -0.4 is 0 Å². The van der Waals surface area contributed by atoms with E-state index in [1.807, 2.05) is 0 Å². The summed E-state index contributed by atoms with van der Waals surface area (Å²) in [5.74, 6) is 1.34. The molecule has 92 valence electrons. The number of imidazole rings is 1. The van der Waals surface area contributed by atoms with Gasteiger partial charge in [0.2, 0.25) is 0 Å². The van der Waals surface area contributed by atoms with Gasteiger partial charge in [-0.1, -0.05) is 19.9 Å². The Morgan fingerprint density at radius 2 is 2.12 bits per heavy atom. The number of aliphatic hydroxyl groups excluding tert-OH is 1. The summed E-state index contributed by atoms with van der Waals surface area (Å²) < 4.78 is 2.14. The summed E-state index contributed by atoms with van der Waals surface area (Å²) in [5.41, 5.74) is 3.40. The van der Waals surface area contributed by atoms with Gasteiger partial charge < -0.3 is 9.67 Å². The molecule has 0 saturated carbocycles. The molecule has 17 heavy (non-hydrogen) atoms. The van der Waals surface area contributed by atoms with E-state index in [1.165, 1.54) is 5.56 Å². The van der Waals surface area contributed by atoms with Crippen LogP contribution in [0, 0.1) is 0 Å². The third kappa shape index (κ3) is 2.07. The van der Waals surface area contributed by atoms with Crippen molar-refractivity contribution in [1.82, 2.24) is 9.55 Å². The second-order valence-corrected chi connectivity index (χ2v) is 4.48. The molecule has 0 fully saturated rings. The first-order valence-corrected chi connectivity index (χ1v) is 6.27. The first-order chi connectivity index (χ1) is 8.21. The summed E-state index contributed by atoms with van der Waals surface area (Å²) in [6.45, 7) is 4.43. The average Bonchev–Trinajstić information content (AvgIpc) is 2.68. The molecule has 1 N–H and O–H groups in total.